The average molecular weight is 378 g/mol. The minimum absolute atomic E-state index is 0.0297. The second-order valence-electron chi connectivity index (χ2n) is 6.55. The molecule has 0 unspecified atom stereocenters. The van der Waals surface area contributed by atoms with Crippen molar-refractivity contribution >= 4 is 17.9 Å². The zero-order valence-corrected chi connectivity index (χ0v) is 16.0. The Bertz CT molecular complexity index is 711. The summed E-state index contributed by atoms with van der Waals surface area (Å²) >= 11 is 0. The Balaban J connectivity index is 2.28. The van der Waals surface area contributed by atoms with Crippen LogP contribution < -0.4 is 16.0 Å². The number of esters is 1. The minimum Gasteiger partial charge on any atom is -0.467 e. The fourth-order valence-corrected chi connectivity index (χ4v) is 2.80. The zero-order valence-electron chi connectivity index (χ0n) is 16.0. The van der Waals surface area contributed by atoms with Gasteiger partial charge in [0.2, 0.25) is 5.91 Å². The van der Waals surface area contributed by atoms with Gasteiger partial charge in [0.25, 0.3) is 0 Å². The number of hydrogen-bond acceptors (Lipinski definition) is 6. The van der Waals surface area contributed by atoms with Crippen LogP contribution in [0.1, 0.15) is 32.6 Å². The summed E-state index contributed by atoms with van der Waals surface area (Å²) < 4.78 is 10.5. The van der Waals surface area contributed by atoms with Crippen molar-refractivity contribution < 1.29 is 23.5 Å². The lowest BCUT2D eigenvalue weighted by Gasteiger charge is -2.29. The number of nitrogens with one attached hydrogen (secondary N) is 3. The van der Waals surface area contributed by atoms with Gasteiger partial charge in [-0.15, -0.1) is 0 Å². The van der Waals surface area contributed by atoms with Crippen LogP contribution in [0.15, 0.2) is 34.1 Å². The van der Waals surface area contributed by atoms with E-state index in [0.29, 0.717) is 11.5 Å². The lowest BCUT2D eigenvalue weighted by atomic mass is 10.00. The number of ether oxygens (including phenoxy) is 1. The van der Waals surface area contributed by atoms with E-state index in [1.165, 1.54) is 6.26 Å². The van der Waals surface area contributed by atoms with Crippen molar-refractivity contribution in [1.29, 1.82) is 0 Å². The van der Waals surface area contributed by atoms with Crippen molar-refractivity contribution in [3.8, 4) is 0 Å². The van der Waals surface area contributed by atoms with Crippen LogP contribution in [0.4, 0.5) is 4.79 Å². The van der Waals surface area contributed by atoms with E-state index >= 15 is 0 Å². The van der Waals surface area contributed by atoms with Gasteiger partial charge in [-0.25, -0.2) is 9.59 Å². The second kappa shape index (κ2) is 9.22. The van der Waals surface area contributed by atoms with E-state index in [0.717, 1.165) is 0 Å². The molecule has 1 aromatic rings. The van der Waals surface area contributed by atoms with Gasteiger partial charge in [0.1, 0.15) is 11.8 Å². The van der Waals surface area contributed by atoms with Gasteiger partial charge < -0.3 is 25.1 Å². The molecule has 148 valence electrons. The second-order valence-corrected chi connectivity index (χ2v) is 6.55. The van der Waals surface area contributed by atoms with Crippen LogP contribution in [0.3, 0.4) is 0 Å². The summed E-state index contributed by atoms with van der Waals surface area (Å²) in [6.45, 7) is 5.95. The molecule has 0 spiro atoms. The summed E-state index contributed by atoms with van der Waals surface area (Å²) in [4.78, 5) is 38.3. The Morgan fingerprint density at radius 3 is 2.74 bits per heavy atom. The predicted octanol–water partition coefficient (Wildman–Crippen LogP) is 0.907. The molecule has 9 nitrogen and oxygen atoms in total. The molecule has 3 amide bonds. The first kappa shape index (κ1) is 20.5. The van der Waals surface area contributed by atoms with Crippen molar-refractivity contribution in [3.05, 3.63) is 35.4 Å². The Kier molecular flexibility index (Phi) is 7.00. The third-order valence-electron chi connectivity index (χ3n) is 3.77. The van der Waals surface area contributed by atoms with E-state index in [1.54, 1.807) is 31.0 Å². The number of furan rings is 1. The highest BCUT2D eigenvalue weighted by molar-refractivity contribution is 5.95. The van der Waals surface area contributed by atoms with Gasteiger partial charge >= 0.3 is 12.0 Å². The number of rotatable bonds is 8. The number of nitrogens with zero attached hydrogens (tertiary/aromatic N) is 1. The summed E-state index contributed by atoms with van der Waals surface area (Å²) in [5, 5.41) is 8.14. The Labute approximate surface area is 158 Å². The highest BCUT2D eigenvalue weighted by atomic mass is 16.5. The molecule has 2 rings (SSSR count). The molecule has 0 aliphatic carbocycles. The van der Waals surface area contributed by atoms with Gasteiger partial charge in [-0.05, 0) is 40.0 Å². The molecular formula is C18H26N4O5. The maximum Gasteiger partial charge on any atom is 0.338 e. The van der Waals surface area contributed by atoms with Crippen LogP contribution in [-0.2, 0) is 14.3 Å². The van der Waals surface area contributed by atoms with Gasteiger partial charge in [0.15, 0.2) is 0 Å². The summed E-state index contributed by atoms with van der Waals surface area (Å²) in [5.41, 5.74) is 0.626. The predicted molar refractivity (Wildman–Crippen MR) is 97.6 cm³/mol. The number of carbonyl (C=O) groups is 3. The van der Waals surface area contributed by atoms with Crippen LogP contribution in [-0.4, -0.2) is 55.6 Å². The van der Waals surface area contributed by atoms with Crippen molar-refractivity contribution in [2.24, 2.45) is 0 Å². The lowest BCUT2D eigenvalue weighted by molar-refractivity contribution is -0.139. The molecule has 0 bridgehead atoms. The molecule has 27 heavy (non-hydrogen) atoms. The van der Waals surface area contributed by atoms with Crippen LogP contribution in [0.5, 0.6) is 0 Å². The van der Waals surface area contributed by atoms with Crippen LogP contribution >= 0.6 is 0 Å². The minimum atomic E-state index is -0.763. The molecule has 9 heteroatoms. The molecule has 3 N–H and O–H groups in total. The first-order valence-electron chi connectivity index (χ1n) is 8.80. The smallest absolute Gasteiger partial charge is 0.338 e. The maximum atomic E-state index is 12.6. The summed E-state index contributed by atoms with van der Waals surface area (Å²) in [6.07, 6.45) is 1.47. The molecule has 0 saturated carbocycles. The molecule has 2 heterocycles. The quantitative estimate of drug-likeness (QED) is 0.580. The zero-order chi connectivity index (χ0) is 20.0. The van der Waals surface area contributed by atoms with E-state index in [2.05, 4.69) is 16.0 Å². The summed E-state index contributed by atoms with van der Waals surface area (Å²) in [7, 11) is 1.73. The van der Waals surface area contributed by atoms with Crippen molar-refractivity contribution in [2.45, 2.75) is 32.9 Å². The monoisotopic (exact) mass is 378 g/mol. The number of hydrogen-bond donors (Lipinski definition) is 3. The molecule has 0 aromatic carbocycles. The number of urea groups is 1. The molecule has 0 saturated heterocycles. The highest BCUT2D eigenvalue weighted by Crippen LogP contribution is 2.28. The van der Waals surface area contributed by atoms with E-state index in [1.807, 2.05) is 13.8 Å². The third-order valence-corrected chi connectivity index (χ3v) is 3.77. The number of amides is 3. The number of likely N-dealkylation sites (N-methyl/N-ethyl adjacent to an activating group) is 1. The first-order valence-corrected chi connectivity index (χ1v) is 8.80. The molecule has 0 fully saturated rings. The molecule has 0 radical (unpaired) electrons. The average Bonchev–Trinajstić information content (AvgIpc) is 3.07. The largest absolute Gasteiger partial charge is 0.467 e. The maximum absolute atomic E-state index is 12.6. The normalized spacial score (nSPS) is 17.0. The van der Waals surface area contributed by atoms with Crippen molar-refractivity contribution in [1.82, 2.24) is 20.9 Å². The standard InChI is InChI=1S/C18H26N4O5/c1-5-26-17(24)15-12(9-22(4)10-14(23)19-11(2)3)20-18(25)21-16(15)13-7-6-8-27-13/h6-8,11,16H,5,9-10H2,1-4H3,(H,19,23)(H2,20,21,25)/t16-/m1/s1. The number of carbonyl (C=O) groups excluding carboxylic acids is 3. The topological polar surface area (TPSA) is 113 Å². The summed E-state index contributed by atoms with van der Waals surface area (Å²) in [5.74, 6) is -0.277. The molecule has 1 atom stereocenters. The van der Waals surface area contributed by atoms with E-state index < -0.39 is 18.0 Å². The van der Waals surface area contributed by atoms with Crippen molar-refractivity contribution in [3.63, 3.8) is 0 Å². The van der Waals surface area contributed by atoms with Gasteiger partial charge in [-0.2, -0.15) is 0 Å². The Morgan fingerprint density at radius 1 is 1.41 bits per heavy atom. The van der Waals surface area contributed by atoms with Gasteiger partial charge in [-0.3, -0.25) is 9.69 Å². The molecule has 1 aromatic heterocycles. The van der Waals surface area contributed by atoms with Gasteiger partial charge in [0.05, 0.1) is 25.0 Å². The molecule has 1 aliphatic heterocycles. The summed E-state index contributed by atoms with van der Waals surface area (Å²) in [6, 6.07) is 2.16. The van der Waals surface area contributed by atoms with E-state index in [9.17, 15) is 14.4 Å². The lowest BCUT2D eigenvalue weighted by Crippen LogP contribution is -2.49. The van der Waals surface area contributed by atoms with Crippen LogP contribution in [0.2, 0.25) is 0 Å². The van der Waals surface area contributed by atoms with Crippen LogP contribution in [0, 0.1) is 0 Å². The third kappa shape index (κ3) is 5.58. The van der Waals surface area contributed by atoms with E-state index in [-0.39, 0.29) is 37.2 Å². The van der Waals surface area contributed by atoms with Gasteiger partial charge in [-0.1, -0.05) is 0 Å². The van der Waals surface area contributed by atoms with Crippen LogP contribution in [0.25, 0.3) is 0 Å². The van der Waals surface area contributed by atoms with Crippen molar-refractivity contribution in [2.75, 3.05) is 26.7 Å². The first-order chi connectivity index (χ1) is 12.8. The Hall–Kier alpha value is -2.81. The fourth-order valence-electron chi connectivity index (χ4n) is 2.80. The Morgan fingerprint density at radius 2 is 2.15 bits per heavy atom. The fraction of sp³-hybridized carbons (Fsp3) is 0.500. The molecule has 1 aliphatic rings. The highest BCUT2D eigenvalue weighted by Gasteiger charge is 2.35. The SMILES string of the molecule is CCOC(=O)C1=C(CN(C)CC(=O)NC(C)C)NC(=O)N[C@@H]1c1ccco1. The van der Waals surface area contributed by atoms with Gasteiger partial charge in [0, 0.05) is 18.3 Å². The van der Waals surface area contributed by atoms with E-state index in [4.69, 9.17) is 9.15 Å². The molecular weight excluding hydrogens is 352 g/mol.